The molecule has 0 unspecified atom stereocenters. The van der Waals surface area contributed by atoms with Crippen molar-refractivity contribution in [2.75, 3.05) is 38.0 Å². The number of nitrogens with zero attached hydrogens (tertiary/aromatic N) is 2. The maximum absolute atomic E-state index is 12.9. The summed E-state index contributed by atoms with van der Waals surface area (Å²) in [6.45, 7) is 9.41. The van der Waals surface area contributed by atoms with Crippen LogP contribution in [0.4, 0.5) is 5.69 Å². The van der Waals surface area contributed by atoms with E-state index in [1.807, 2.05) is 13.8 Å². The number of nitrogens with one attached hydrogen (secondary N) is 1. The molecular formula is C18H32Cl2N4O3S. The van der Waals surface area contributed by atoms with Crippen molar-refractivity contribution >= 4 is 46.4 Å². The first-order valence-electron chi connectivity index (χ1n) is 9.13. The molecule has 28 heavy (non-hydrogen) atoms. The van der Waals surface area contributed by atoms with Crippen molar-refractivity contribution in [1.29, 1.82) is 0 Å². The van der Waals surface area contributed by atoms with Gasteiger partial charge in [0, 0.05) is 31.9 Å². The Balaban J connectivity index is 0.00000364. The van der Waals surface area contributed by atoms with Gasteiger partial charge < -0.3 is 16.0 Å². The summed E-state index contributed by atoms with van der Waals surface area (Å²) in [5, 5.41) is 2.72. The van der Waals surface area contributed by atoms with E-state index in [9.17, 15) is 13.2 Å². The van der Waals surface area contributed by atoms with Gasteiger partial charge in [0.25, 0.3) is 0 Å². The van der Waals surface area contributed by atoms with Crippen LogP contribution in [-0.4, -0.2) is 62.3 Å². The van der Waals surface area contributed by atoms with Gasteiger partial charge in [-0.05, 0) is 37.1 Å². The van der Waals surface area contributed by atoms with Crippen molar-refractivity contribution in [3.8, 4) is 0 Å². The molecule has 1 aromatic rings. The number of benzene rings is 1. The Kier molecular flexibility index (Phi) is 11.6. The minimum Gasteiger partial charge on any atom is -0.325 e. The van der Waals surface area contributed by atoms with Gasteiger partial charge in [0.2, 0.25) is 15.9 Å². The Morgan fingerprint density at radius 3 is 2.32 bits per heavy atom. The zero-order valence-electron chi connectivity index (χ0n) is 16.6. The zero-order chi connectivity index (χ0) is 19.3. The SMILES string of the molecule is CCN1CCN(S(=O)(=O)c2cccc(NC(=O)[C@@H](N)CC(C)C)c2)CC1.Cl.Cl. The van der Waals surface area contributed by atoms with Crippen molar-refractivity contribution in [1.82, 2.24) is 9.21 Å². The molecule has 0 spiro atoms. The molecule has 2 rings (SSSR count). The Bertz CT molecular complexity index is 723. The fraction of sp³-hybridized carbons (Fsp3) is 0.611. The molecule has 162 valence electrons. The number of carbonyl (C=O) groups excluding carboxylic acids is 1. The molecule has 0 radical (unpaired) electrons. The molecule has 1 saturated heterocycles. The van der Waals surface area contributed by atoms with Gasteiger partial charge in [-0.1, -0.05) is 26.8 Å². The minimum absolute atomic E-state index is 0. The summed E-state index contributed by atoms with van der Waals surface area (Å²) in [5.41, 5.74) is 6.34. The van der Waals surface area contributed by atoms with Crippen molar-refractivity contribution in [2.24, 2.45) is 11.7 Å². The summed E-state index contributed by atoms with van der Waals surface area (Å²) >= 11 is 0. The molecule has 0 bridgehead atoms. The van der Waals surface area contributed by atoms with Crippen molar-refractivity contribution in [2.45, 2.75) is 38.1 Å². The standard InChI is InChI=1S/C18H30N4O3S.2ClH/c1-4-21-8-10-22(11-9-21)26(24,25)16-7-5-6-15(13-16)20-18(23)17(19)12-14(2)3;;/h5-7,13-14,17H,4,8-12,19H2,1-3H3,(H,20,23);2*1H/t17-;;/m0../s1. The number of carbonyl (C=O) groups is 1. The predicted octanol–water partition coefficient (Wildman–Crippen LogP) is 2.17. The first-order valence-corrected chi connectivity index (χ1v) is 10.6. The summed E-state index contributed by atoms with van der Waals surface area (Å²) in [4.78, 5) is 14.6. The van der Waals surface area contributed by atoms with Crippen LogP contribution < -0.4 is 11.1 Å². The van der Waals surface area contributed by atoms with E-state index >= 15 is 0 Å². The van der Waals surface area contributed by atoms with Crippen molar-refractivity contribution in [3.63, 3.8) is 0 Å². The van der Waals surface area contributed by atoms with Crippen LogP contribution in [0.5, 0.6) is 0 Å². The Hall–Kier alpha value is -0.900. The molecule has 1 amide bonds. The van der Waals surface area contributed by atoms with Crippen LogP contribution in [0.25, 0.3) is 0 Å². The van der Waals surface area contributed by atoms with Gasteiger partial charge in [-0.15, -0.1) is 24.8 Å². The molecule has 10 heteroatoms. The first kappa shape index (κ1) is 27.1. The first-order chi connectivity index (χ1) is 12.2. The molecule has 0 aliphatic carbocycles. The van der Waals surface area contributed by atoms with Crippen LogP contribution >= 0.6 is 24.8 Å². The van der Waals surface area contributed by atoms with Crippen LogP contribution in [0.3, 0.4) is 0 Å². The Morgan fingerprint density at radius 1 is 1.18 bits per heavy atom. The number of amides is 1. The third kappa shape index (κ3) is 7.17. The number of hydrogen-bond donors (Lipinski definition) is 2. The van der Waals surface area contributed by atoms with E-state index in [0.717, 1.165) is 19.6 Å². The van der Waals surface area contributed by atoms with Gasteiger partial charge >= 0.3 is 0 Å². The molecule has 1 heterocycles. The summed E-state index contributed by atoms with van der Waals surface area (Å²) < 4.78 is 27.2. The number of rotatable bonds is 7. The van der Waals surface area contributed by atoms with Gasteiger partial charge in [-0.25, -0.2) is 8.42 Å². The normalized spacial score (nSPS) is 16.8. The third-order valence-electron chi connectivity index (χ3n) is 4.58. The van der Waals surface area contributed by atoms with E-state index in [4.69, 9.17) is 5.73 Å². The lowest BCUT2D eigenvalue weighted by molar-refractivity contribution is -0.117. The highest BCUT2D eigenvalue weighted by Crippen LogP contribution is 2.21. The van der Waals surface area contributed by atoms with Gasteiger partial charge in [-0.3, -0.25) is 4.79 Å². The van der Waals surface area contributed by atoms with Crippen molar-refractivity contribution in [3.05, 3.63) is 24.3 Å². The third-order valence-corrected chi connectivity index (χ3v) is 6.47. The number of anilines is 1. The summed E-state index contributed by atoms with van der Waals surface area (Å²) in [6, 6.07) is 5.76. The molecule has 1 aromatic carbocycles. The van der Waals surface area contributed by atoms with Gasteiger partial charge in [0.1, 0.15) is 0 Å². The minimum atomic E-state index is -3.57. The maximum atomic E-state index is 12.9. The molecule has 7 nitrogen and oxygen atoms in total. The molecule has 1 aliphatic rings. The van der Waals surface area contributed by atoms with Crippen LogP contribution in [0.2, 0.25) is 0 Å². The molecular weight excluding hydrogens is 423 g/mol. The lowest BCUT2D eigenvalue weighted by Gasteiger charge is -2.33. The highest BCUT2D eigenvalue weighted by Gasteiger charge is 2.28. The van der Waals surface area contributed by atoms with Crippen LogP contribution in [0, 0.1) is 5.92 Å². The topological polar surface area (TPSA) is 95.7 Å². The Morgan fingerprint density at radius 2 is 1.79 bits per heavy atom. The van der Waals surface area contributed by atoms with E-state index in [0.29, 0.717) is 31.1 Å². The van der Waals surface area contributed by atoms with E-state index < -0.39 is 16.1 Å². The van der Waals surface area contributed by atoms with Crippen LogP contribution in [0.1, 0.15) is 27.2 Å². The highest BCUT2D eigenvalue weighted by atomic mass is 35.5. The quantitative estimate of drug-likeness (QED) is 0.657. The smallest absolute Gasteiger partial charge is 0.243 e. The second kappa shape index (κ2) is 11.9. The predicted molar refractivity (Wildman–Crippen MR) is 118 cm³/mol. The van der Waals surface area contributed by atoms with E-state index in [-0.39, 0.29) is 35.6 Å². The second-order valence-electron chi connectivity index (χ2n) is 7.09. The average molecular weight is 455 g/mol. The number of hydrogen-bond acceptors (Lipinski definition) is 5. The molecule has 0 aromatic heterocycles. The number of piperazine rings is 1. The summed E-state index contributed by atoms with van der Waals surface area (Å²) in [6.07, 6.45) is 0.575. The monoisotopic (exact) mass is 454 g/mol. The van der Waals surface area contributed by atoms with Crippen LogP contribution in [0.15, 0.2) is 29.2 Å². The number of nitrogens with two attached hydrogens (primary N) is 1. The van der Waals surface area contributed by atoms with Crippen molar-refractivity contribution < 1.29 is 13.2 Å². The largest absolute Gasteiger partial charge is 0.325 e. The average Bonchev–Trinajstić information content (AvgIpc) is 2.61. The van der Waals surface area contributed by atoms with Crippen LogP contribution in [-0.2, 0) is 14.8 Å². The lowest BCUT2D eigenvalue weighted by atomic mass is 10.0. The lowest BCUT2D eigenvalue weighted by Crippen LogP contribution is -2.48. The Labute approximate surface area is 180 Å². The summed E-state index contributed by atoms with van der Waals surface area (Å²) in [7, 11) is -3.57. The molecule has 0 saturated carbocycles. The number of halogens is 2. The van der Waals surface area contributed by atoms with Gasteiger partial charge in [-0.2, -0.15) is 4.31 Å². The molecule has 3 N–H and O–H groups in total. The van der Waals surface area contributed by atoms with Gasteiger partial charge in [0.05, 0.1) is 10.9 Å². The number of likely N-dealkylation sites (N-methyl/N-ethyl adjacent to an activating group) is 1. The molecule has 1 fully saturated rings. The van der Waals surface area contributed by atoms with E-state index in [1.165, 1.54) is 10.4 Å². The fourth-order valence-corrected chi connectivity index (χ4v) is 4.49. The zero-order valence-corrected chi connectivity index (χ0v) is 19.1. The van der Waals surface area contributed by atoms with E-state index in [1.54, 1.807) is 18.2 Å². The highest BCUT2D eigenvalue weighted by molar-refractivity contribution is 7.89. The van der Waals surface area contributed by atoms with E-state index in [2.05, 4.69) is 17.1 Å². The number of sulfonamides is 1. The maximum Gasteiger partial charge on any atom is 0.243 e. The fourth-order valence-electron chi connectivity index (χ4n) is 3.02. The molecule has 1 aliphatic heterocycles. The second-order valence-corrected chi connectivity index (χ2v) is 9.03. The summed E-state index contributed by atoms with van der Waals surface area (Å²) in [5.74, 6) is 0.00839. The molecule has 1 atom stereocenters. The van der Waals surface area contributed by atoms with Gasteiger partial charge in [0.15, 0.2) is 0 Å².